The van der Waals surface area contributed by atoms with E-state index in [9.17, 15) is 4.39 Å². The fourth-order valence-electron chi connectivity index (χ4n) is 2.30. The van der Waals surface area contributed by atoms with Gasteiger partial charge in [-0.15, -0.1) is 0 Å². The Hall–Kier alpha value is -1.91. The van der Waals surface area contributed by atoms with Gasteiger partial charge in [-0.2, -0.15) is 0 Å². The molecule has 0 saturated carbocycles. The minimum Gasteiger partial charge on any atom is -0.496 e. The van der Waals surface area contributed by atoms with Crippen LogP contribution in [0, 0.1) is 12.7 Å². The van der Waals surface area contributed by atoms with Gasteiger partial charge in [0.05, 0.1) is 13.2 Å². The number of methoxy groups -OCH3 is 1. The highest BCUT2D eigenvalue weighted by atomic mass is 19.1. The molecular weight excluding hydrogens is 255 g/mol. The van der Waals surface area contributed by atoms with Crippen LogP contribution in [0.5, 0.6) is 5.75 Å². The van der Waals surface area contributed by atoms with Crippen molar-refractivity contribution in [3.8, 4) is 5.75 Å². The first kappa shape index (κ1) is 14.5. The third kappa shape index (κ3) is 3.15. The monoisotopic (exact) mass is 274 g/mol. The fourth-order valence-corrected chi connectivity index (χ4v) is 2.30. The van der Waals surface area contributed by atoms with E-state index >= 15 is 0 Å². The summed E-state index contributed by atoms with van der Waals surface area (Å²) in [6.45, 7) is 2.01. The van der Waals surface area contributed by atoms with Gasteiger partial charge in [-0.1, -0.05) is 35.9 Å². The van der Waals surface area contributed by atoms with E-state index in [4.69, 9.17) is 10.6 Å². The van der Waals surface area contributed by atoms with Crippen molar-refractivity contribution in [3.05, 3.63) is 65.0 Å². The van der Waals surface area contributed by atoms with Crippen molar-refractivity contribution in [3.63, 3.8) is 0 Å². The molecule has 4 heteroatoms. The highest BCUT2D eigenvalue weighted by molar-refractivity contribution is 5.38. The predicted molar refractivity (Wildman–Crippen MR) is 77.9 cm³/mol. The van der Waals surface area contributed by atoms with Crippen LogP contribution in [0.3, 0.4) is 0 Å². The topological polar surface area (TPSA) is 47.3 Å². The van der Waals surface area contributed by atoms with Gasteiger partial charge in [-0.3, -0.25) is 11.3 Å². The van der Waals surface area contributed by atoms with E-state index in [2.05, 4.69) is 5.43 Å². The van der Waals surface area contributed by atoms with Crippen LogP contribution in [0.1, 0.15) is 22.7 Å². The van der Waals surface area contributed by atoms with E-state index < -0.39 is 0 Å². The van der Waals surface area contributed by atoms with Gasteiger partial charge in [-0.05, 0) is 31.0 Å². The number of benzene rings is 2. The minimum absolute atomic E-state index is 0.262. The lowest BCUT2D eigenvalue weighted by molar-refractivity contribution is 0.404. The molecule has 0 heterocycles. The standard InChI is InChI=1S/C16H19FN2O/c1-11-7-8-16(20-2)12(9-11)10-15(19-18)13-5-3-4-6-14(13)17/h3-9,15,19H,10,18H2,1-2H3. The zero-order chi connectivity index (χ0) is 14.5. The molecule has 2 aromatic carbocycles. The quantitative estimate of drug-likeness (QED) is 0.651. The molecule has 3 N–H and O–H groups in total. The van der Waals surface area contributed by atoms with E-state index in [1.165, 1.54) is 6.07 Å². The molecule has 3 nitrogen and oxygen atoms in total. The third-order valence-corrected chi connectivity index (χ3v) is 3.34. The van der Waals surface area contributed by atoms with Gasteiger partial charge in [0.2, 0.25) is 0 Å². The number of aryl methyl sites for hydroxylation is 1. The zero-order valence-corrected chi connectivity index (χ0v) is 11.7. The summed E-state index contributed by atoms with van der Waals surface area (Å²) in [7, 11) is 1.63. The maximum absolute atomic E-state index is 13.9. The first-order valence-corrected chi connectivity index (χ1v) is 6.49. The van der Waals surface area contributed by atoms with E-state index in [0.29, 0.717) is 12.0 Å². The minimum atomic E-state index is -0.299. The van der Waals surface area contributed by atoms with Gasteiger partial charge in [0.25, 0.3) is 0 Å². The van der Waals surface area contributed by atoms with Crippen LogP contribution in [0.2, 0.25) is 0 Å². The van der Waals surface area contributed by atoms with Gasteiger partial charge in [-0.25, -0.2) is 4.39 Å². The van der Waals surface area contributed by atoms with Gasteiger partial charge in [0.15, 0.2) is 0 Å². The van der Waals surface area contributed by atoms with Crippen LogP contribution in [0.25, 0.3) is 0 Å². The Morgan fingerprint density at radius 3 is 2.65 bits per heavy atom. The molecule has 0 fully saturated rings. The predicted octanol–water partition coefficient (Wildman–Crippen LogP) is 2.89. The maximum Gasteiger partial charge on any atom is 0.128 e. The first-order chi connectivity index (χ1) is 9.65. The van der Waals surface area contributed by atoms with E-state index in [-0.39, 0.29) is 11.9 Å². The molecular formula is C16H19FN2O. The van der Waals surface area contributed by atoms with Crippen LogP contribution in [-0.4, -0.2) is 7.11 Å². The van der Waals surface area contributed by atoms with Crippen LogP contribution in [-0.2, 0) is 6.42 Å². The number of hydrogen-bond acceptors (Lipinski definition) is 3. The Labute approximate surface area is 118 Å². The van der Waals surface area contributed by atoms with Crippen molar-refractivity contribution in [2.45, 2.75) is 19.4 Å². The van der Waals surface area contributed by atoms with Gasteiger partial charge in [0, 0.05) is 5.56 Å². The molecule has 0 spiro atoms. The lowest BCUT2D eigenvalue weighted by Crippen LogP contribution is -2.30. The number of nitrogens with two attached hydrogens (primary N) is 1. The molecule has 106 valence electrons. The van der Waals surface area contributed by atoms with E-state index in [0.717, 1.165) is 16.9 Å². The van der Waals surface area contributed by atoms with Crippen molar-refractivity contribution in [2.24, 2.45) is 5.84 Å². The van der Waals surface area contributed by atoms with Crippen LogP contribution in [0.4, 0.5) is 4.39 Å². The van der Waals surface area contributed by atoms with Crippen LogP contribution in [0.15, 0.2) is 42.5 Å². The van der Waals surface area contributed by atoms with Crippen LogP contribution >= 0.6 is 0 Å². The smallest absolute Gasteiger partial charge is 0.128 e. The zero-order valence-electron chi connectivity index (χ0n) is 11.7. The number of ether oxygens (including phenoxy) is 1. The Balaban J connectivity index is 2.31. The summed E-state index contributed by atoms with van der Waals surface area (Å²) in [6.07, 6.45) is 0.558. The number of rotatable bonds is 5. The second kappa shape index (κ2) is 6.50. The number of nitrogens with one attached hydrogen (secondary N) is 1. The Morgan fingerprint density at radius 1 is 1.25 bits per heavy atom. The Morgan fingerprint density at radius 2 is 2.00 bits per heavy atom. The molecule has 0 aliphatic rings. The van der Waals surface area contributed by atoms with Crippen molar-refractivity contribution < 1.29 is 9.13 Å². The fraction of sp³-hybridized carbons (Fsp3) is 0.250. The summed E-state index contributed by atoms with van der Waals surface area (Å²) < 4.78 is 19.2. The second-order valence-corrected chi connectivity index (χ2v) is 4.76. The van der Waals surface area contributed by atoms with Crippen molar-refractivity contribution in [1.29, 1.82) is 0 Å². The number of hydrazine groups is 1. The SMILES string of the molecule is COc1ccc(C)cc1CC(NN)c1ccccc1F. The Kier molecular flexibility index (Phi) is 4.71. The summed E-state index contributed by atoms with van der Waals surface area (Å²) in [5.41, 5.74) is 5.37. The van der Waals surface area contributed by atoms with Gasteiger partial charge >= 0.3 is 0 Å². The van der Waals surface area contributed by atoms with Crippen molar-refractivity contribution >= 4 is 0 Å². The molecule has 1 atom stereocenters. The largest absolute Gasteiger partial charge is 0.496 e. The second-order valence-electron chi connectivity index (χ2n) is 4.76. The molecule has 2 aromatic rings. The van der Waals surface area contributed by atoms with E-state index in [1.54, 1.807) is 25.3 Å². The number of hydrogen-bond donors (Lipinski definition) is 2. The molecule has 0 bridgehead atoms. The molecule has 0 aromatic heterocycles. The summed E-state index contributed by atoms with van der Waals surface area (Å²) >= 11 is 0. The molecule has 1 unspecified atom stereocenters. The summed E-state index contributed by atoms with van der Waals surface area (Å²) in [5.74, 6) is 6.12. The summed E-state index contributed by atoms with van der Waals surface area (Å²) in [6, 6.07) is 12.3. The lowest BCUT2D eigenvalue weighted by atomic mass is 9.97. The number of halogens is 1. The van der Waals surface area contributed by atoms with Gasteiger partial charge in [0.1, 0.15) is 11.6 Å². The lowest BCUT2D eigenvalue weighted by Gasteiger charge is -2.19. The molecule has 0 saturated heterocycles. The van der Waals surface area contributed by atoms with Crippen LogP contribution < -0.4 is 16.0 Å². The molecule has 0 radical (unpaired) electrons. The first-order valence-electron chi connectivity index (χ1n) is 6.49. The Bertz CT molecular complexity index is 586. The molecule has 0 aliphatic heterocycles. The normalized spacial score (nSPS) is 12.2. The molecule has 0 amide bonds. The van der Waals surface area contributed by atoms with Crippen molar-refractivity contribution in [2.75, 3.05) is 7.11 Å². The third-order valence-electron chi connectivity index (χ3n) is 3.34. The summed E-state index contributed by atoms with van der Waals surface area (Å²) in [4.78, 5) is 0. The van der Waals surface area contributed by atoms with E-state index in [1.807, 2.05) is 25.1 Å². The highest BCUT2D eigenvalue weighted by Crippen LogP contribution is 2.26. The van der Waals surface area contributed by atoms with Crippen molar-refractivity contribution in [1.82, 2.24) is 5.43 Å². The highest BCUT2D eigenvalue weighted by Gasteiger charge is 2.16. The summed E-state index contributed by atoms with van der Waals surface area (Å²) in [5, 5.41) is 0. The average Bonchev–Trinajstić information content (AvgIpc) is 2.46. The maximum atomic E-state index is 13.9. The molecule has 2 rings (SSSR count). The molecule has 0 aliphatic carbocycles. The molecule has 20 heavy (non-hydrogen) atoms. The van der Waals surface area contributed by atoms with Gasteiger partial charge < -0.3 is 4.74 Å². The average molecular weight is 274 g/mol.